The SMILES string of the molecule is CN(CC(=O)Nc1nc(-c2ccc(F)c(F)c2)cs1)S(=O)(=O)c1ccc(C#N)cc1. The van der Waals surface area contributed by atoms with Crippen LogP contribution in [0.4, 0.5) is 13.9 Å². The summed E-state index contributed by atoms with van der Waals surface area (Å²) in [5.74, 6) is -2.62. The van der Waals surface area contributed by atoms with Gasteiger partial charge >= 0.3 is 0 Å². The van der Waals surface area contributed by atoms with E-state index in [9.17, 15) is 22.0 Å². The molecule has 0 saturated heterocycles. The number of thiazole rings is 1. The molecular formula is C19H14F2N4O3S2. The molecule has 1 aromatic heterocycles. The van der Waals surface area contributed by atoms with Crippen LogP contribution in [0.5, 0.6) is 0 Å². The third-order valence-corrected chi connectivity index (χ3v) is 6.60. The normalized spacial score (nSPS) is 11.3. The van der Waals surface area contributed by atoms with Crippen molar-refractivity contribution in [3.63, 3.8) is 0 Å². The van der Waals surface area contributed by atoms with Gasteiger partial charge in [-0.05, 0) is 42.5 Å². The topological polar surface area (TPSA) is 103 Å². The van der Waals surface area contributed by atoms with E-state index < -0.39 is 34.1 Å². The summed E-state index contributed by atoms with van der Waals surface area (Å²) < 4.78 is 52.4. The summed E-state index contributed by atoms with van der Waals surface area (Å²) in [7, 11) is -2.68. The standard InChI is InChI=1S/C19H14F2N4O3S2/c1-25(30(27,28)14-5-2-12(9-22)3-6-14)10-18(26)24-19-23-17(11-29-19)13-4-7-15(20)16(21)8-13/h2-8,11H,10H2,1H3,(H,23,24,26). The van der Waals surface area contributed by atoms with Gasteiger partial charge in [0.15, 0.2) is 16.8 Å². The summed E-state index contributed by atoms with van der Waals surface area (Å²) in [6.07, 6.45) is 0. The van der Waals surface area contributed by atoms with Crippen molar-refractivity contribution < 1.29 is 22.0 Å². The number of carbonyl (C=O) groups excluding carboxylic acids is 1. The first kappa shape index (κ1) is 21.5. The van der Waals surface area contributed by atoms with Crippen LogP contribution in [0.2, 0.25) is 0 Å². The summed E-state index contributed by atoms with van der Waals surface area (Å²) in [4.78, 5) is 16.3. The number of aromatic nitrogens is 1. The van der Waals surface area contributed by atoms with Crippen LogP contribution in [0, 0.1) is 23.0 Å². The van der Waals surface area contributed by atoms with Crippen molar-refractivity contribution in [2.75, 3.05) is 18.9 Å². The summed E-state index contributed by atoms with van der Waals surface area (Å²) in [6, 6.07) is 10.5. The Morgan fingerprint density at radius 3 is 2.53 bits per heavy atom. The van der Waals surface area contributed by atoms with Gasteiger partial charge in [0, 0.05) is 18.0 Å². The number of likely N-dealkylation sites (N-methyl/N-ethyl adjacent to an activating group) is 1. The minimum absolute atomic E-state index is 0.0494. The lowest BCUT2D eigenvalue weighted by molar-refractivity contribution is -0.116. The number of nitrogens with one attached hydrogen (secondary N) is 1. The maximum absolute atomic E-state index is 13.4. The molecular weight excluding hydrogens is 434 g/mol. The second kappa shape index (κ2) is 8.66. The first-order valence-electron chi connectivity index (χ1n) is 8.38. The fourth-order valence-electron chi connectivity index (χ4n) is 2.45. The Morgan fingerprint density at radius 1 is 1.20 bits per heavy atom. The molecule has 0 aliphatic heterocycles. The van der Waals surface area contributed by atoms with Crippen LogP contribution >= 0.6 is 11.3 Å². The van der Waals surface area contributed by atoms with E-state index >= 15 is 0 Å². The molecule has 0 fully saturated rings. The summed E-state index contributed by atoms with van der Waals surface area (Å²) >= 11 is 1.06. The zero-order valence-corrected chi connectivity index (χ0v) is 17.1. The molecule has 0 bridgehead atoms. The van der Waals surface area contributed by atoms with Gasteiger partial charge in [-0.25, -0.2) is 22.2 Å². The highest BCUT2D eigenvalue weighted by Crippen LogP contribution is 2.26. The average Bonchev–Trinajstić information content (AvgIpc) is 3.18. The van der Waals surface area contributed by atoms with Crippen molar-refractivity contribution in [3.05, 3.63) is 65.0 Å². The minimum Gasteiger partial charge on any atom is -0.301 e. The predicted molar refractivity (Wildman–Crippen MR) is 107 cm³/mol. The highest BCUT2D eigenvalue weighted by Gasteiger charge is 2.23. The van der Waals surface area contributed by atoms with E-state index in [2.05, 4.69) is 10.3 Å². The Morgan fingerprint density at radius 2 is 1.90 bits per heavy atom. The minimum atomic E-state index is -3.93. The number of sulfonamides is 1. The van der Waals surface area contributed by atoms with Crippen molar-refractivity contribution in [2.45, 2.75) is 4.90 Å². The van der Waals surface area contributed by atoms with Crippen molar-refractivity contribution in [1.82, 2.24) is 9.29 Å². The van der Waals surface area contributed by atoms with Crippen LogP contribution in [0.1, 0.15) is 5.56 Å². The third kappa shape index (κ3) is 4.68. The molecule has 7 nitrogen and oxygen atoms in total. The quantitative estimate of drug-likeness (QED) is 0.624. The second-order valence-electron chi connectivity index (χ2n) is 6.11. The van der Waals surface area contributed by atoms with Gasteiger partial charge in [-0.15, -0.1) is 11.3 Å². The van der Waals surface area contributed by atoms with Crippen molar-refractivity contribution in [1.29, 1.82) is 5.26 Å². The predicted octanol–water partition coefficient (Wildman–Crippen LogP) is 3.22. The molecule has 2 aromatic carbocycles. The second-order valence-corrected chi connectivity index (χ2v) is 9.02. The largest absolute Gasteiger partial charge is 0.301 e. The van der Waals surface area contributed by atoms with Gasteiger partial charge in [0.1, 0.15) is 0 Å². The molecule has 0 aliphatic carbocycles. The summed E-state index contributed by atoms with van der Waals surface area (Å²) in [5, 5.41) is 13.0. The van der Waals surface area contributed by atoms with E-state index in [-0.39, 0.29) is 10.0 Å². The van der Waals surface area contributed by atoms with Gasteiger partial charge in [0.25, 0.3) is 0 Å². The van der Waals surface area contributed by atoms with Crippen LogP contribution in [0.15, 0.2) is 52.7 Å². The lowest BCUT2D eigenvalue weighted by Gasteiger charge is -2.16. The fourth-order valence-corrected chi connectivity index (χ4v) is 4.31. The average molecular weight is 448 g/mol. The molecule has 1 heterocycles. The number of amides is 1. The maximum Gasteiger partial charge on any atom is 0.243 e. The van der Waals surface area contributed by atoms with Crippen molar-refractivity contribution in [2.24, 2.45) is 0 Å². The van der Waals surface area contributed by atoms with Gasteiger partial charge in [-0.2, -0.15) is 9.57 Å². The van der Waals surface area contributed by atoms with Crippen molar-refractivity contribution in [3.8, 4) is 17.3 Å². The van der Waals surface area contributed by atoms with Gasteiger partial charge in [0.2, 0.25) is 15.9 Å². The van der Waals surface area contributed by atoms with Gasteiger partial charge in [-0.3, -0.25) is 4.79 Å². The molecule has 11 heteroatoms. The summed E-state index contributed by atoms with van der Waals surface area (Å²) in [6.45, 7) is -0.470. The molecule has 0 spiro atoms. The number of benzene rings is 2. The molecule has 1 N–H and O–H groups in total. The molecule has 0 aliphatic rings. The van der Waals surface area contributed by atoms with E-state index in [1.165, 1.54) is 37.4 Å². The van der Waals surface area contributed by atoms with E-state index in [1.807, 2.05) is 6.07 Å². The Balaban J connectivity index is 1.67. The number of rotatable bonds is 6. The van der Waals surface area contributed by atoms with Crippen LogP contribution < -0.4 is 5.32 Å². The number of hydrogen-bond donors (Lipinski definition) is 1. The smallest absolute Gasteiger partial charge is 0.243 e. The van der Waals surface area contributed by atoms with Gasteiger partial charge in [0.05, 0.1) is 28.8 Å². The number of nitriles is 1. The Bertz CT molecular complexity index is 1240. The molecule has 3 aromatic rings. The Hall–Kier alpha value is -3.20. The monoisotopic (exact) mass is 448 g/mol. The Labute approximate surface area is 175 Å². The lowest BCUT2D eigenvalue weighted by atomic mass is 10.2. The van der Waals surface area contributed by atoms with Crippen LogP contribution in [-0.4, -0.2) is 37.2 Å². The number of anilines is 1. The maximum atomic E-state index is 13.4. The molecule has 154 valence electrons. The highest BCUT2D eigenvalue weighted by molar-refractivity contribution is 7.89. The third-order valence-electron chi connectivity index (χ3n) is 4.02. The molecule has 30 heavy (non-hydrogen) atoms. The van der Waals surface area contributed by atoms with Crippen LogP contribution in [0.3, 0.4) is 0 Å². The van der Waals surface area contributed by atoms with E-state index in [0.717, 1.165) is 27.8 Å². The van der Waals surface area contributed by atoms with E-state index in [0.29, 0.717) is 16.8 Å². The lowest BCUT2D eigenvalue weighted by Crippen LogP contribution is -2.34. The molecule has 0 atom stereocenters. The highest BCUT2D eigenvalue weighted by atomic mass is 32.2. The van der Waals surface area contributed by atoms with E-state index in [1.54, 1.807) is 5.38 Å². The fraction of sp³-hybridized carbons (Fsp3) is 0.105. The van der Waals surface area contributed by atoms with Crippen LogP contribution in [-0.2, 0) is 14.8 Å². The molecule has 3 rings (SSSR count). The molecule has 0 saturated carbocycles. The number of halogens is 2. The number of hydrogen-bond acceptors (Lipinski definition) is 6. The zero-order valence-electron chi connectivity index (χ0n) is 15.5. The van der Waals surface area contributed by atoms with Gasteiger partial charge < -0.3 is 5.32 Å². The molecule has 0 unspecified atom stereocenters. The molecule has 0 radical (unpaired) electrons. The molecule has 1 amide bonds. The van der Waals surface area contributed by atoms with Gasteiger partial charge in [-0.1, -0.05) is 0 Å². The number of nitrogens with zero attached hydrogens (tertiary/aromatic N) is 3. The van der Waals surface area contributed by atoms with Crippen molar-refractivity contribution >= 4 is 32.4 Å². The van der Waals surface area contributed by atoms with E-state index in [4.69, 9.17) is 5.26 Å². The number of carbonyl (C=O) groups is 1. The first-order valence-corrected chi connectivity index (χ1v) is 10.7. The zero-order chi connectivity index (χ0) is 21.9. The van der Waals surface area contributed by atoms with Crippen LogP contribution in [0.25, 0.3) is 11.3 Å². The summed E-state index contributed by atoms with van der Waals surface area (Å²) in [5.41, 5.74) is 0.994. The Kier molecular flexibility index (Phi) is 6.21. The first-order chi connectivity index (χ1) is 14.2.